The van der Waals surface area contributed by atoms with Crippen molar-refractivity contribution in [3.63, 3.8) is 0 Å². The van der Waals surface area contributed by atoms with Crippen LogP contribution in [0.25, 0.3) is 0 Å². The average molecular weight is 447 g/mol. The van der Waals surface area contributed by atoms with E-state index in [0.29, 0.717) is 42.6 Å². The zero-order valence-corrected chi connectivity index (χ0v) is 18.3. The van der Waals surface area contributed by atoms with E-state index in [1.165, 1.54) is 15.6 Å². The Morgan fingerprint density at radius 3 is 2.47 bits per heavy atom. The summed E-state index contributed by atoms with van der Waals surface area (Å²) in [5.74, 6) is 1.48. The van der Waals surface area contributed by atoms with Gasteiger partial charge in [0, 0.05) is 18.5 Å². The number of hydrogen-bond donors (Lipinski definition) is 0. The molecule has 30 heavy (non-hydrogen) atoms. The maximum Gasteiger partial charge on any atom is 0.243 e. The SMILES string of the molecule is Cc1ccc(C=Nn2c(C)csc2=Nc2ccc(S(=O)(=O)N3CCOCC3)cc2)o1. The van der Waals surface area contributed by atoms with E-state index < -0.39 is 10.0 Å². The van der Waals surface area contributed by atoms with E-state index in [1.807, 2.05) is 31.4 Å². The molecule has 1 fully saturated rings. The molecule has 3 heterocycles. The fourth-order valence-corrected chi connectivity index (χ4v) is 5.21. The van der Waals surface area contributed by atoms with Crippen LogP contribution in [0.5, 0.6) is 0 Å². The van der Waals surface area contributed by atoms with Crippen molar-refractivity contribution in [2.24, 2.45) is 10.1 Å². The third-order valence-electron chi connectivity index (χ3n) is 4.58. The van der Waals surface area contributed by atoms with E-state index >= 15 is 0 Å². The number of benzene rings is 1. The summed E-state index contributed by atoms with van der Waals surface area (Å²) in [6.07, 6.45) is 1.64. The summed E-state index contributed by atoms with van der Waals surface area (Å²) < 4.78 is 39.4. The van der Waals surface area contributed by atoms with Gasteiger partial charge in [-0.15, -0.1) is 11.3 Å². The van der Waals surface area contributed by atoms with Crippen molar-refractivity contribution in [3.8, 4) is 0 Å². The van der Waals surface area contributed by atoms with Gasteiger partial charge in [-0.2, -0.15) is 9.41 Å². The molecule has 1 aliphatic heterocycles. The predicted octanol–water partition coefficient (Wildman–Crippen LogP) is 2.89. The van der Waals surface area contributed by atoms with Crippen LogP contribution in [0, 0.1) is 13.8 Å². The molecule has 0 radical (unpaired) electrons. The van der Waals surface area contributed by atoms with Gasteiger partial charge in [0.1, 0.15) is 11.5 Å². The lowest BCUT2D eigenvalue weighted by atomic mass is 10.3. The number of furan rings is 1. The molecule has 1 saturated heterocycles. The number of morpholine rings is 1. The van der Waals surface area contributed by atoms with Crippen molar-refractivity contribution in [2.75, 3.05) is 26.3 Å². The van der Waals surface area contributed by atoms with Gasteiger partial charge in [-0.3, -0.25) is 0 Å². The molecule has 0 bridgehead atoms. The number of thiazole rings is 1. The van der Waals surface area contributed by atoms with Crippen molar-refractivity contribution >= 4 is 33.3 Å². The van der Waals surface area contributed by atoms with E-state index in [9.17, 15) is 8.42 Å². The van der Waals surface area contributed by atoms with Gasteiger partial charge in [0.05, 0.1) is 35.7 Å². The summed E-state index contributed by atoms with van der Waals surface area (Å²) in [6, 6.07) is 10.3. The van der Waals surface area contributed by atoms with Crippen LogP contribution < -0.4 is 4.80 Å². The monoisotopic (exact) mass is 446 g/mol. The second-order valence-corrected chi connectivity index (χ2v) is 9.56. The number of hydrogen-bond acceptors (Lipinski definition) is 7. The van der Waals surface area contributed by atoms with Crippen molar-refractivity contribution < 1.29 is 17.6 Å². The summed E-state index contributed by atoms with van der Waals surface area (Å²) >= 11 is 1.46. The third-order valence-corrected chi connectivity index (χ3v) is 7.43. The zero-order chi connectivity index (χ0) is 21.1. The predicted molar refractivity (Wildman–Crippen MR) is 115 cm³/mol. The molecule has 4 rings (SSSR count). The Morgan fingerprint density at radius 2 is 1.80 bits per heavy atom. The molecule has 0 spiro atoms. The molecule has 8 nitrogen and oxygen atoms in total. The van der Waals surface area contributed by atoms with Gasteiger partial charge in [-0.1, -0.05) is 0 Å². The fourth-order valence-electron chi connectivity index (χ4n) is 2.98. The molecular weight excluding hydrogens is 424 g/mol. The lowest BCUT2D eigenvalue weighted by Gasteiger charge is -2.26. The van der Waals surface area contributed by atoms with E-state index in [-0.39, 0.29) is 4.90 Å². The number of sulfonamides is 1. The van der Waals surface area contributed by atoms with Gasteiger partial charge < -0.3 is 9.15 Å². The molecule has 0 unspecified atom stereocenters. The second-order valence-electron chi connectivity index (χ2n) is 6.79. The molecule has 0 N–H and O–H groups in total. The van der Waals surface area contributed by atoms with Gasteiger partial charge in [0.2, 0.25) is 14.8 Å². The number of aromatic nitrogens is 1. The Bertz CT molecular complexity index is 1210. The first-order valence-electron chi connectivity index (χ1n) is 9.44. The number of nitrogens with zero attached hydrogens (tertiary/aromatic N) is 4. The molecule has 158 valence electrons. The van der Waals surface area contributed by atoms with Gasteiger partial charge in [0.25, 0.3) is 0 Å². The van der Waals surface area contributed by atoms with Crippen LogP contribution in [0.15, 0.2) is 61.2 Å². The smallest absolute Gasteiger partial charge is 0.243 e. The van der Waals surface area contributed by atoms with E-state index in [0.717, 1.165) is 11.5 Å². The van der Waals surface area contributed by atoms with E-state index in [1.54, 1.807) is 35.2 Å². The summed E-state index contributed by atoms with van der Waals surface area (Å²) in [4.78, 5) is 5.55. The standard InChI is InChI=1S/C20H22N4O4S2/c1-15-14-29-20(24(15)21-13-18-6-3-16(2)28-18)22-17-4-7-19(8-5-17)30(25,26)23-9-11-27-12-10-23/h3-8,13-14H,9-12H2,1-2H3. The van der Waals surface area contributed by atoms with Gasteiger partial charge in [-0.25, -0.2) is 18.1 Å². The topological polar surface area (TPSA) is 89.4 Å². The van der Waals surface area contributed by atoms with Crippen molar-refractivity contribution in [3.05, 3.63) is 63.8 Å². The third kappa shape index (κ3) is 4.46. The Hall–Kier alpha value is -2.53. The highest BCUT2D eigenvalue weighted by Gasteiger charge is 2.26. The molecule has 0 saturated carbocycles. The normalized spacial score (nSPS) is 16.5. The molecule has 1 aliphatic rings. The average Bonchev–Trinajstić information content (AvgIpc) is 3.32. The number of rotatable bonds is 5. The summed E-state index contributed by atoms with van der Waals surface area (Å²) in [6.45, 7) is 5.40. The maximum atomic E-state index is 12.7. The second kappa shape index (κ2) is 8.68. The summed E-state index contributed by atoms with van der Waals surface area (Å²) in [5.41, 5.74) is 1.58. The van der Waals surface area contributed by atoms with Crippen molar-refractivity contribution in [1.82, 2.24) is 8.98 Å². The Balaban J connectivity index is 1.59. The molecular formula is C20H22N4O4S2. The fraction of sp³-hybridized carbons (Fsp3) is 0.300. The quantitative estimate of drug-likeness (QED) is 0.564. The Labute approximate surface area is 178 Å². The van der Waals surface area contributed by atoms with Crippen LogP contribution in [0.4, 0.5) is 5.69 Å². The number of ether oxygens (including phenoxy) is 1. The van der Waals surface area contributed by atoms with E-state index in [4.69, 9.17) is 9.15 Å². The largest absolute Gasteiger partial charge is 0.460 e. The molecule has 3 aromatic rings. The molecule has 1 aromatic carbocycles. The lowest BCUT2D eigenvalue weighted by Crippen LogP contribution is -2.40. The summed E-state index contributed by atoms with van der Waals surface area (Å²) in [5, 5.41) is 6.42. The molecule has 0 atom stereocenters. The summed E-state index contributed by atoms with van der Waals surface area (Å²) in [7, 11) is -3.52. The maximum absolute atomic E-state index is 12.7. The zero-order valence-electron chi connectivity index (χ0n) is 16.7. The van der Waals surface area contributed by atoms with Crippen molar-refractivity contribution in [1.29, 1.82) is 0 Å². The molecule has 0 amide bonds. The first-order valence-corrected chi connectivity index (χ1v) is 11.8. The highest BCUT2D eigenvalue weighted by atomic mass is 32.2. The Morgan fingerprint density at radius 1 is 1.07 bits per heavy atom. The van der Waals surface area contributed by atoms with Crippen LogP contribution >= 0.6 is 11.3 Å². The minimum absolute atomic E-state index is 0.254. The van der Waals surface area contributed by atoms with Crippen molar-refractivity contribution in [2.45, 2.75) is 18.7 Å². The molecule has 10 heteroatoms. The van der Waals surface area contributed by atoms with Gasteiger partial charge >= 0.3 is 0 Å². The van der Waals surface area contributed by atoms with Gasteiger partial charge in [0.15, 0.2) is 0 Å². The minimum Gasteiger partial charge on any atom is -0.460 e. The minimum atomic E-state index is -3.52. The van der Waals surface area contributed by atoms with Crippen LogP contribution in [-0.2, 0) is 14.8 Å². The van der Waals surface area contributed by atoms with Crippen LogP contribution in [0.3, 0.4) is 0 Å². The first kappa shape index (κ1) is 20.7. The van der Waals surface area contributed by atoms with E-state index in [2.05, 4.69) is 10.1 Å². The highest BCUT2D eigenvalue weighted by Crippen LogP contribution is 2.20. The van der Waals surface area contributed by atoms with Crippen LogP contribution in [-0.4, -0.2) is 49.9 Å². The lowest BCUT2D eigenvalue weighted by molar-refractivity contribution is 0.0730. The Kier molecular flexibility index (Phi) is 6.00. The van der Waals surface area contributed by atoms with Crippen LogP contribution in [0.1, 0.15) is 17.2 Å². The van der Waals surface area contributed by atoms with Crippen LogP contribution in [0.2, 0.25) is 0 Å². The first-order chi connectivity index (χ1) is 14.4. The highest BCUT2D eigenvalue weighted by molar-refractivity contribution is 7.89. The number of aryl methyl sites for hydroxylation is 2. The molecule has 0 aliphatic carbocycles. The van der Waals surface area contributed by atoms with Gasteiger partial charge in [-0.05, 0) is 50.2 Å². The molecule has 2 aromatic heterocycles.